The molecule has 0 saturated heterocycles. The SMILES string of the molecule is CC(C)(C)OC(=O)NC1(CNC(=O)CSc2nncs2)CCCCCC1. The summed E-state index contributed by atoms with van der Waals surface area (Å²) in [6.07, 6.45) is 5.64. The van der Waals surface area contributed by atoms with Crippen molar-refractivity contribution in [2.24, 2.45) is 0 Å². The van der Waals surface area contributed by atoms with Gasteiger partial charge >= 0.3 is 6.09 Å². The number of rotatable bonds is 6. The van der Waals surface area contributed by atoms with E-state index < -0.39 is 17.2 Å². The van der Waals surface area contributed by atoms with Gasteiger partial charge in [-0.25, -0.2) is 4.79 Å². The second-order valence-electron chi connectivity index (χ2n) is 7.59. The first-order chi connectivity index (χ1) is 12.3. The number of carbonyl (C=O) groups is 2. The third-order valence-electron chi connectivity index (χ3n) is 4.12. The fourth-order valence-corrected chi connectivity index (χ4v) is 4.26. The van der Waals surface area contributed by atoms with Crippen LogP contribution in [-0.4, -0.2) is 45.6 Å². The van der Waals surface area contributed by atoms with Crippen molar-refractivity contribution in [3.63, 3.8) is 0 Å². The molecule has 2 rings (SSSR count). The smallest absolute Gasteiger partial charge is 0.408 e. The lowest BCUT2D eigenvalue weighted by Crippen LogP contribution is -2.56. The first-order valence-corrected chi connectivity index (χ1v) is 10.8. The zero-order chi connectivity index (χ0) is 19.0. The van der Waals surface area contributed by atoms with Crippen LogP contribution in [0.2, 0.25) is 0 Å². The van der Waals surface area contributed by atoms with Crippen LogP contribution in [0.5, 0.6) is 0 Å². The molecule has 0 aromatic carbocycles. The van der Waals surface area contributed by atoms with E-state index in [-0.39, 0.29) is 11.7 Å². The van der Waals surface area contributed by atoms with Crippen LogP contribution in [0.15, 0.2) is 9.85 Å². The van der Waals surface area contributed by atoms with Crippen molar-refractivity contribution >= 4 is 35.1 Å². The molecule has 1 aliphatic carbocycles. The van der Waals surface area contributed by atoms with Gasteiger partial charge in [0.15, 0.2) is 4.34 Å². The average molecular weight is 401 g/mol. The summed E-state index contributed by atoms with van der Waals surface area (Å²) in [6.45, 7) is 5.96. The summed E-state index contributed by atoms with van der Waals surface area (Å²) in [7, 11) is 0. The molecule has 0 unspecified atom stereocenters. The third kappa shape index (κ3) is 7.49. The van der Waals surface area contributed by atoms with Crippen molar-refractivity contribution in [1.82, 2.24) is 20.8 Å². The van der Waals surface area contributed by atoms with E-state index in [0.717, 1.165) is 42.9 Å². The molecule has 1 aliphatic rings. The van der Waals surface area contributed by atoms with Crippen LogP contribution in [0, 0.1) is 0 Å². The molecule has 26 heavy (non-hydrogen) atoms. The molecule has 0 spiro atoms. The number of carbonyl (C=O) groups excluding carboxylic acids is 2. The van der Waals surface area contributed by atoms with Crippen molar-refractivity contribution in [3.05, 3.63) is 5.51 Å². The number of ether oxygens (including phenoxy) is 1. The molecule has 2 N–H and O–H groups in total. The summed E-state index contributed by atoms with van der Waals surface area (Å²) in [4.78, 5) is 24.5. The zero-order valence-corrected chi connectivity index (χ0v) is 17.3. The Kier molecular flexibility index (Phi) is 7.69. The molecule has 1 aromatic heterocycles. The largest absolute Gasteiger partial charge is 0.444 e. The third-order valence-corrected chi connectivity index (χ3v) is 5.98. The quantitative estimate of drug-likeness (QED) is 0.562. The van der Waals surface area contributed by atoms with Gasteiger partial charge in [-0.1, -0.05) is 48.8 Å². The minimum atomic E-state index is -0.544. The highest BCUT2D eigenvalue weighted by Crippen LogP contribution is 2.27. The van der Waals surface area contributed by atoms with Crippen LogP contribution in [0.25, 0.3) is 0 Å². The Labute approximate surface area is 163 Å². The number of hydrogen-bond acceptors (Lipinski definition) is 7. The van der Waals surface area contributed by atoms with Crippen LogP contribution in [-0.2, 0) is 9.53 Å². The van der Waals surface area contributed by atoms with E-state index in [0.29, 0.717) is 6.54 Å². The maximum atomic E-state index is 12.3. The average Bonchev–Trinajstić information content (AvgIpc) is 2.96. The van der Waals surface area contributed by atoms with E-state index in [4.69, 9.17) is 4.74 Å². The Morgan fingerprint density at radius 3 is 2.54 bits per heavy atom. The summed E-state index contributed by atoms with van der Waals surface area (Å²) in [5.41, 5.74) is 0.658. The highest BCUT2D eigenvalue weighted by atomic mass is 32.2. The second kappa shape index (κ2) is 9.55. The topological polar surface area (TPSA) is 93.2 Å². The minimum absolute atomic E-state index is 0.0696. The molecule has 0 radical (unpaired) electrons. The van der Waals surface area contributed by atoms with Gasteiger partial charge < -0.3 is 15.4 Å². The standard InChI is InChI=1S/C17H28N4O3S2/c1-16(2,3)24-14(23)20-17(8-6-4-5-7-9-17)11-18-13(22)10-25-15-21-19-12-26-15/h12H,4-11H2,1-3H3,(H,18,22)(H,20,23). The van der Waals surface area contributed by atoms with Gasteiger partial charge in [-0.3, -0.25) is 4.79 Å². The molecule has 0 aliphatic heterocycles. The molecule has 0 atom stereocenters. The van der Waals surface area contributed by atoms with Crippen molar-refractivity contribution in [1.29, 1.82) is 0 Å². The van der Waals surface area contributed by atoms with Gasteiger partial charge in [-0.2, -0.15) is 0 Å². The summed E-state index contributed by atoms with van der Waals surface area (Å²) in [5, 5.41) is 13.7. The lowest BCUT2D eigenvalue weighted by molar-refractivity contribution is -0.118. The second-order valence-corrected chi connectivity index (χ2v) is 9.65. The van der Waals surface area contributed by atoms with Crippen molar-refractivity contribution in [2.45, 2.75) is 74.8 Å². The predicted molar refractivity (Wildman–Crippen MR) is 103 cm³/mol. The van der Waals surface area contributed by atoms with E-state index in [1.165, 1.54) is 23.1 Å². The number of aromatic nitrogens is 2. The van der Waals surface area contributed by atoms with Gasteiger partial charge in [0.25, 0.3) is 0 Å². The summed E-state index contributed by atoms with van der Waals surface area (Å²) in [5.74, 6) is 0.220. The van der Waals surface area contributed by atoms with Crippen LogP contribution in [0.3, 0.4) is 0 Å². The monoisotopic (exact) mass is 400 g/mol. The zero-order valence-electron chi connectivity index (χ0n) is 15.7. The lowest BCUT2D eigenvalue weighted by atomic mass is 9.90. The number of thioether (sulfide) groups is 1. The van der Waals surface area contributed by atoms with Gasteiger partial charge in [0.05, 0.1) is 11.3 Å². The highest BCUT2D eigenvalue weighted by Gasteiger charge is 2.34. The number of hydrogen-bond donors (Lipinski definition) is 2. The maximum absolute atomic E-state index is 12.3. The highest BCUT2D eigenvalue weighted by molar-refractivity contribution is 8.01. The van der Waals surface area contributed by atoms with E-state index in [2.05, 4.69) is 20.8 Å². The van der Waals surface area contributed by atoms with E-state index in [1.54, 1.807) is 5.51 Å². The number of nitrogens with zero attached hydrogens (tertiary/aromatic N) is 2. The normalized spacial score (nSPS) is 17.2. The summed E-state index contributed by atoms with van der Waals surface area (Å²) in [6, 6.07) is 0. The number of nitrogens with one attached hydrogen (secondary N) is 2. The Bertz CT molecular complexity index is 579. The minimum Gasteiger partial charge on any atom is -0.444 e. The van der Waals surface area contributed by atoms with Crippen LogP contribution >= 0.6 is 23.1 Å². The molecule has 1 heterocycles. The number of alkyl carbamates (subject to hydrolysis) is 1. The fraction of sp³-hybridized carbons (Fsp3) is 0.765. The van der Waals surface area contributed by atoms with Gasteiger partial charge in [0.2, 0.25) is 5.91 Å². The van der Waals surface area contributed by atoms with Gasteiger partial charge in [-0.15, -0.1) is 10.2 Å². The van der Waals surface area contributed by atoms with Crippen LogP contribution in [0.4, 0.5) is 4.79 Å². The molecule has 2 amide bonds. The molecule has 9 heteroatoms. The van der Waals surface area contributed by atoms with Gasteiger partial charge in [0, 0.05) is 6.54 Å². The first-order valence-electron chi connectivity index (χ1n) is 8.95. The Hall–Kier alpha value is -1.35. The molecular weight excluding hydrogens is 372 g/mol. The maximum Gasteiger partial charge on any atom is 0.408 e. The first kappa shape index (κ1) is 21.0. The fourth-order valence-electron chi connectivity index (χ4n) is 2.94. The van der Waals surface area contributed by atoms with Crippen LogP contribution in [0.1, 0.15) is 59.3 Å². The predicted octanol–water partition coefficient (Wildman–Crippen LogP) is 3.36. The van der Waals surface area contributed by atoms with E-state index in [9.17, 15) is 9.59 Å². The molecule has 1 aromatic rings. The molecular formula is C17H28N4O3S2. The Balaban J connectivity index is 1.90. The Morgan fingerprint density at radius 2 is 1.96 bits per heavy atom. The van der Waals surface area contributed by atoms with E-state index in [1.807, 2.05) is 20.8 Å². The molecule has 1 saturated carbocycles. The van der Waals surface area contributed by atoms with Crippen molar-refractivity contribution in [3.8, 4) is 0 Å². The van der Waals surface area contributed by atoms with Crippen molar-refractivity contribution < 1.29 is 14.3 Å². The lowest BCUT2D eigenvalue weighted by Gasteiger charge is -2.35. The van der Waals surface area contributed by atoms with E-state index >= 15 is 0 Å². The molecule has 146 valence electrons. The summed E-state index contributed by atoms with van der Waals surface area (Å²) < 4.78 is 6.20. The summed E-state index contributed by atoms with van der Waals surface area (Å²) >= 11 is 2.78. The van der Waals surface area contributed by atoms with Crippen molar-refractivity contribution in [2.75, 3.05) is 12.3 Å². The van der Waals surface area contributed by atoms with Crippen LogP contribution < -0.4 is 10.6 Å². The van der Waals surface area contributed by atoms with Gasteiger partial charge in [0.1, 0.15) is 11.1 Å². The Morgan fingerprint density at radius 1 is 1.27 bits per heavy atom. The molecule has 7 nitrogen and oxygen atoms in total. The van der Waals surface area contributed by atoms with Gasteiger partial charge in [-0.05, 0) is 33.6 Å². The molecule has 0 bridgehead atoms. The molecule has 1 fully saturated rings. The number of amides is 2.